The van der Waals surface area contributed by atoms with Gasteiger partial charge in [-0.1, -0.05) is 38.3 Å². The predicted octanol–water partition coefficient (Wildman–Crippen LogP) is 4.21. The Hall–Kier alpha value is -0.930. The van der Waals surface area contributed by atoms with E-state index in [1.54, 1.807) is 0 Å². The molecule has 3 nitrogen and oxygen atoms in total. The highest BCUT2D eigenvalue weighted by atomic mass is 35.5. The molecular formula is C17H26ClNO2. The van der Waals surface area contributed by atoms with Crippen molar-refractivity contribution in [3.63, 3.8) is 0 Å². The molecule has 0 amide bonds. The van der Waals surface area contributed by atoms with Crippen LogP contribution in [-0.4, -0.2) is 25.8 Å². The van der Waals surface area contributed by atoms with Gasteiger partial charge in [0.05, 0.1) is 0 Å². The first-order valence-electron chi connectivity index (χ1n) is 7.98. The molecule has 0 aromatic heterocycles. The maximum Gasteiger partial charge on any atom is 0.162 e. The second-order valence-corrected chi connectivity index (χ2v) is 6.27. The van der Waals surface area contributed by atoms with Crippen molar-refractivity contribution in [1.82, 2.24) is 5.32 Å². The molecule has 1 aliphatic heterocycles. The zero-order valence-electron chi connectivity index (χ0n) is 13.1. The third-order valence-corrected chi connectivity index (χ3v) is 3.99. The monoisotopic (exact) mass is 311 g/mol. The Kier molecular flexibility index (Phi) is 6.65. The van der Waals surface area contributed by atoms with Crippen LogP contribution in [0.25, 0.3) is 0 Å². The number of ether oxygens (including phenoxy) is 2. The first-order chi connectivity index (χ1) is 10.2. The Morgan fingerprint density at radius 1 is 1.05 bits per heavy atom. The van der Waals surface area contributed by atoms with Gasteiger partial charge in [-0.2, -0.15) is 0 Å². The van der Waals surface area contributed by atoms with Gasteiger partial charge >= 0.3 is 0 Å². The van der Waals surface area contributed by atoms with Crippen molar-refractivity contribution in [3.8, 4) is 11.5 Å². The van der Waals surface area contributed by atoms with Crippen molar-refractivity contribution in [1.29, 1.82) is 0 Å². The van der Waals surface area contributed by atoms with Crippen molar-refractivity contribution in [2.45, 2.75) is 52.0 Å². The van der Waals surface area contributed by atoms with E-state index >= 15 is 0 Å². The van der Waals surface area contributed by atoms with Gasteiger partial charge in [-0.3, -0.25) is 0 Å². The van der Waals surface area contributed by atoms with Crippen LogP contribution >= 0.6 is 11.6 Å². The third kappa shape index (κ3) is 5.40. The molecule has 0 atom stereocenters. The number of nitrogens with one attached hydrogen (secondary N) is 1. The van der Waals surface area contributed by atoms with Crippen LogP contribution < -0.4 is 14.8 Å². The Labute approximate surface area is 133 Å². The van der Waals surface area contributed by atoms with Gasteiger partial charge in [0, 0.05) is 17.1 Å². The van der Waals surface area contributed by atoms with E-state index in [1.165, 1.54) is 31.2 Å². The summed E-state index contributed by atoms with van der Waals surface area (Å²) in [7, 11) is 0. The van der Waals surface area contributed by atoms with Crippen LogP contribution in [0.1, 0.15) is 45.1 Å². The lowest BCUT2D eigenvalue weighted by molar-refractivity contribution is 0.171. The molecule has 0 saturated heterocycles. The minimum Gasteiger partial charge on any atom is -0.486 e. The average molecular weight is 312 g/mol. The van der Waals surface area contributed by atoms with Crippen molar-refractivity contribution in [2.24, 2.45) is 0 Å². The quantitative estimate of drug-likeness (QED) is 0.729. The van der Waals surface area contributed by atoms with Gasteiger partial charge in [-0.25, -0.2) is 0 Å². The molecule has 0 unspecified atom stereocenters. The molecule has 1 heterocycles. The number of rotatable bonds is 8. The standard InChI is InChI=1S/C17H26ClNO2/c1-13(2)19-8-6-4-3-5-7-14-11-16-17(12-15(14)18)21-10-9-20-16/h11-13,19H,3-10H2,1-2H3. The number of hydrogen-bond acceptors (Lipinski definition) is 3. The first-order valence-corrected chi connectivity index (χ1v) is 8.36. The topological polar surface area (TPSA) is 30.5 Å². The highest BCUT2D eigenvalue weighted by Gasteiger charge is 2.14. The first kappa shape index (κ1) is 16.4. The molecule has 21 heavy (non-hydrogen) atoms. The van der Waals surface area contributed by atoms with Gasteiger partial charge in [-0.05, 0) is 37.4 Å². The average Bonchev–Trinajstić information content (AvgIpc) is 2.46. The minimum absolute atomic E-state index is 0.585. The fourth-order valence-electron chi connectivity index (χ4n) is 2.48. The van der Waals surface area contributed by atoms with Crippen molar-refractivity contribution in [2.75, 3.05) is 19.8 Å². The summed E-state index contributed by atoms with van der Waals surface area (Å²) in [6, 6.07) is 4.51. The zero-order valence-corrected chi connectivity index (χ0v) is 13.8. The van der Waals surface area contributed by atoms with Gasteiger partial charge < -0.3 is 14.8 Å². The molecule has 0 bridgehead atoms. The molecule has 0 saturated carbocycles. The number of unbranched alkanes of at least 4 members (excludes halogenated alkanes) is 3. The normalized spacial score (nSPS) is 13.7. The van der Waals surface area contributed by atoms with E-state index in [4.69, 9.17) is 21.1 Å². The number of halogens is 1. The summed E-state index contributed by atoms with van der Waals surface area (Å²) in [6.07, 6.45) is 5.92. The maximum atomic E-state index is 6.31. The second kappa shape index (κ2) is 8.50. The Morgan fingerprint density at radius 3 is 2.43 bits per heavy atom. The molecule has 4 heteroatoms. The van der Waals surface area contributed by atoms with Crippen LogP contribution in [0.3, 0.4) is 0 Å². The SMILES string of the molecule is CC(C)NCCCCCCc1cc2c(cc1Cl)OCCO2. The van der Waals surface area contributed by atoms with Gasteiger partial charge in [0.2, 0.25) is 0 Å². The number of fused-ring (bicyclic) bond motifs is 1. The van der Waals surface area contributed by atoms with E-state index in [2.05, 4.69) is 19.2 Å². The van der Waals surface area contributed by atoms with E-state index in [-0.39, 0.29) is 0 Å². The molecule has 1 aromatic carbocycles. The van der Waals surface area contributed by atoms with E-state index in [0.29, 0.717) is 19.3 Å². The van der Waals surface area contributed by atoms with E-state index < -0.39 is 0 Å². The molecule has 0 radical (unpaired) electrons. The van der Waals surface area contributed by atoms with Crippen molar-refractivity contribution in [3.05, 3.63) is 22.7 Å². The third-order valence-electron chi connectivity index (χ3n) is 3.64. The Bertz CT molecular complexity index is 449. The number of aryl methyl sites for hydroxylation is 1. The number of hydrogen-bond donors (Lipinski definition) is 1. The van der Waals surface area contributed by atoms with Crippen LogP contribution in [0.15, 0.2) is 12.1 Å². The van der Waals surface area contributed by atoms with Crippen LogP contribution in [0.4, 0.5) is 0 Å². The fraction of sp³-hybridized carbons (Fsp3) is 0.647. The van der Waals surface area contributed by atoms with Crippen LogP contribution in [0.2, 0.25) is 5.02 Å². The van der Waals surface area contributed by atoms with Gasteiger partial charge in [0.25, 0.3) is 0 Å². The van der Waals surface area contributed by atoms with Crippen molar-refractivity contribution < 1.29 is 9.47 Å². The molecule has 0 aliphatic carbocycles. The van der Waals surface area contributed by atoms with E-state index in [0.717, 1.165) is 29.5 Å². The summed E-state index contributed by atoms with van der Waals surface area (Å²) < 4.78 is 11.1. The van der Waals surface area contributed by atoms with Crippen LogP contribution in [-0.2, 0) is 6.42 Å². The van der Waals surface area contributed by atoms with E-state index in [9.17, 15) is 0 Å². The molecule has 0 spiro atoms. The molecule has 1 N–H and O–H groups in total. The van der Waals surface area contributed by atoms with Gasteiger partial charge in [-0.15, -0.1) is 0 Å². The molecule has 1 aromatic rings. The van der Waals surface area contributed by atoms with Gasteiger partial charge in [0.15, 0.2) is 11.5 Å². The van der Waals surface area contributed by atoms with Crippen molar-refractivity contribution >= 4 is 11.6 Å². The molecule has 2 rings (SSSR count). The van der Waals surface area contributed by atoms with E-state index in [1.807, 2.05) is 12.1 Å². The fourth-order valence-corrected chi connectivity index (χ4v) is 2.73. The lowest BCUT2D eigenvalue weighted by Crippen LogP contribution is -2.23. The largest absolute Gasteiger partial charge is 0.486 e. The predicted molar refractivity (Wildman–Crippen MR) is 87.8 cm³/mol. The summed E-state index contributed by atoms with van der Waals surface area (Å²) in [4.78, 5) is 0. The van der Waals surface area contributed by atoms with Crippen LogP contribution in [0.5, 0.6) is 11.5 Å². The Morgan fingerprint density at radius 2 is 1.71 bits per heavy atom. The molecule has 0 fully saturated rings. The lowest BCUT2D eigenvalue weighted by Gasteiger charge is -2.19. The summed E-state index contributed by atoms with van der Waals surface area (Å²) in [6.45, 7) is 6.71. The molecular weight excluding hydrogens is 286 g/mol. The van der Waals surface area contributed by atoms with Gasteiger partial charge in [0.1, 0.15) is 13.2 Å². The Balaban J connectivity index is 1.71. The number of benzene rings is 1. The summed E-state index contributed by atoms with van der Waals surface area (Å²) in [5, 5.41) is 4.24. The summed E-state index contributed by atoms with van der Waals surface area (Å²) in [5.41, 5.74) is 1.17. The lowest BCUT2D eigenvalue weighted by atomic mass is 10.1. The zero-order chi connectivity index (χ0) is 15.1. The maximum absolute atomic E-state index is 6.31. The van der Waals surface area contributed by atoms with Crippen LogP contribution in [0, 0.1) is 0 Å². The highest BCUT2D eigenvalue weighted by molar-refractivity contribution is 6.31. The minimum atomic E-state index is 0.585. The smallest absolute Gasteiger partial charge is 0.162 e. The second-order valence-electron chi connectivity index (χ2n) is 5.86. The summed E-state index contributed by atoms with van der Waals surface area (Å²) >= 11 is 6.31. The molecule has 118 valence electrons. The molecule has 1 aliphatic rings. The highest BCUT2D eigenvalue weighted by Crippen LogP contribution is 2.35. The summed E-state index contributed by atoms with van der Waals surface area (Å²) in [5.74, 6) is 1.61.